The maximum atomic E-state index is 12.4. The summed E-state index contributed by atoms with van der Waals surface area (Å²) in [6.45, 7) is 0. The minimum Gasteiger partial charge on any atom is -0.486 e. The van der Waals surface area contributed by atoms with Crippen molar-refractivity contribution < 1.29 is 31.1 Å². The Hall–Kier alpha value is -0.590. The van der Waals surface area contributed by atoms with Crippen molar-refractivity contribution in [1.82, 2.24) is 0 Å². The number of hydrogen-bond donors (Lipinski definition) is 0. The van der Waals surface area contributed by atoms with E-state index in [0.717, 1.165) is 7.11 Å². The number of allylic oxidation sites excluding steroid dienone is 1. The van der Waals surface area contributed by atoms with Crippen LogP contribution in [0.5, 0.6) is 0 Å². The summed E-state index contributed by atoms with van der Waals surface area (Å²) in [7, 11) is 0.829. The molecule has 84 valence electrons. The molecule has 0 aromatic rings. The van der Waals surface area contributed by atoms with Crippen LogP contribution in [0.3, 0.4) is 0 Å². The molecule has 0 radical (unpaired) electrons. The van der Waals surface area contributed by atoms with Crippen molar-refractivity contribution in [2.24, 2.45) is 0 Å². The van der Waals surface area contributed by atoms with Crippen LogP contribution < -0.4 is 0 Å². The average molecular weight is 243 g/mol. The van der Waals surface area contributed by atoms with Crippen molar-refractivity contribution >= 4 is 11.6 Å². The van der Waals surface area contributed by atoms with Gasteiger partial charge in [-0.3, -0.25) is 0 Å². The zero-order valence-electron chi connectivity index (χ0n) is 6.71. The fourth-order valence-corrected chi connectivity index (χ4v) is 0.580. The predicted octanol–water partition coefficient (Wildman–Crippen LogP) is 3.25. The molecule has 0 N–H and O–H groups in total. The van der Waals surface area contributed by atoms with Gasteiger partial charge in [0.25, 0.3) is 0 Å². The number of halogens is 7. The van der Waals surface area contributed by atoms with Crippen molar-refractivity contribution in [3.8, 4) is 0 Å². The topological polar surface area (TPSA) is 9.23 Å². The van der Waals surface area contributed by atoms with Crippen LogP contribution >= 0.6 is 11.6 Å². The number of ether oxygens (including phenoxy) is 1. The summed E-state index contributed by atoms with van der Waals surface area (Å²) in [5, 5.41) is -1.09. The summed E-state index contributed by atoms with van der Waals surface area (Å²) in [6, 6.07) is 0. The van der Waals surface area contributed by atoms with Crippen molar-refractivity contribution in [2.75, 3.05) is 7.11 Å². The van der Waals surface area contributed by atoms with Crippen LogP contribution in [0.15, 0.2) is 11.3 Å². The number of alkyl halides is 6. The van der Waals surface area contributed by atoms with E-state index in [2.05, 4.69) is 4.74 Å². The van der Waals surface area contributed by atoms with Gasteiger partial charge in [0.05, 0.1) is 7.11 Å². The summed E-state index contributed by atoms with van der Waals surface area (Å²) in [6.07, 6.45) is -5.06. The van der Waals surface area contributed by atoms with Gasteiger partial charge in [-0.1, -0.05) is 0 Å². The Morgan fingerprint density at radius 1 is 1.29 bits per heavy atom. The second kappa shape index (κ2) is 4.29. The van der Waals surface area contributed by atoms with Gasteiger partial charge in [-0.2, -0.15) is 17.6 Å². The predicted molar refractivity (Wildman–Crippen MR) is 36.8 cm³/mol. The van der Waals surface area contributed by atoms with Crippen LogP contribution in [-0.4, -0.2) is 25.4 Å². The van der Waals surface area contributed by atoms with Gasteiger partial charge in [0, 0.05) is 6.08 Å². The zero-order valence-corrected chi connectivity index (χ0v) is 7.46. The largest absolute Gasteiger partial charge is 0.486 e. The lowest BCUT2D eigenvalue weighted by Gasteiger charge is -2.22. The molecule has 0 spiro atoms. The molecule has 8 heteroatoms. The Morgan fingerprint density at radius 2 is 1.71 bits per heavy atom. The Bertz CT molecular complexity index is 226. The molecule has 0 saturated heterocycles. The van der Waals surface area contributed by atoms with Crippen LogP contribution in [-0.2, 0) is 4.74 Å². The minimum absolute atomic E-state index is 0.569. The lowest BCUT2D eigenvalue weighted by Crippen LogP contribution is -2.45. The lowest BCUT2D eigenvalue weighted by atomic mass is 10.2. The fourth-order valence-electron chi connectivity index (χ4n) is 0.443. The summed E-state index contributed by atoms with van der Waals surface area (Å²) in [5.41, 5.74) is 0. The van der Waals surface area contributed by atoms with Gasteiger partial charge in [-0.25, -0.2) is 8.78 Å². The molecule has 0 heterocycles. The minimum atomic E-state index is -5.48. The molecular weight excluding hydrogens is 238 g/mol. The molecule has 0 aliphatic heterocycles. The first-order chi connectivity index (χ1) is 6.15. The zero-order chi connectivity index (χ0) is 11.6. The van der Waals surface area contributed by atoms with Gasteiger partial charge in [-0.15, -0.1) is 0 Å². The number of rotatable bonds is 4. The molecule has 0 aromatic heterocycles. The highest BCUT2D eigenvalue weighted by atomic mass is 35.5. The quantitative estimate of drug-likeness (QED) is 0.543. The molecule has 1 nitrogen and oxygen atoms in total. The standard InChI is InChI=1S/C6H5ClF6O/c1-14-3(7)2-5(10,11)6(12,13)4(8)9/h2,4H,1H3/b3-2-. The van der Waals surface area contributed by atoms with E-state index in [-0.39, 0.29) is 0 Å². The lowest BCUT2D eigenvalue weighted by molar-refractivity contribution is -0.242. The third-order valence-corrected chi connectivity index (χ3v) is 1.47. The van der Waals surface area contributed by atoms with Gasteiger partial charge >= 0.3 is 18.3 Å². The summed E-state index contributed by atoms with van der Waals surface area (Å²) >= 11 is 4.84. The van der Waals surface area contributed by atoms with Crippen LogP contribution in [0.2, 0.25) is 0 Å². The summed E-state index contributed by atoms with van der Waals surface area (Å²) in [4.78, 5) is 0. The van der Waals surface area contributed by atoms with Gasteiger partial charge in [0.1, 0.15) is 0 Å². The molecule has 0 aliphatic rings. The highest BCUT2D eigenvalue weighted by molar-refractivity contribution is 6.28. The fraction of sp³-hybridized carbons (Fsp3) is 0.667. The molecule has 0 bridgehead atoms. The highest BCUT2D eigenvalue weighted by Crippen LogP contribution is 2.40. The molecule has 0 saturated carbocycles. The maximum absolute atomic E-state index is 12.4. The Balaban J connectivity index is 4.95. The number of methoxy groups -OCH3 is 1. The van der Waals surface area contributed by atoms with Crippen LogP contribution in [0.4, 0.5) is 26.3 Å². The van der Waals surface area contributed by atoms with Crippen molar-refractivity contribution in [1.29, 1.82) is 0 Å². The summed E-state index contributed by atoms with van der Waals surface area (Å²) in [5.74, 6) is -10.5. The second-order valence-corrected chi connectivity index (χ2v) is 2.57. The third kappa shape index (κ3) is 2.70. The van der Waals surface area contributed by atoms with Crippen LogP contribution in [0.25, 0.3) is 0 Å². The monoisotopic (exact) mass is 242 g/mol. The van der Waals surface area contributed by atoms with Crippen LogP contribution in [0.1, 0.15) is 0 Å². The SMILES string of the molecule is CO/C(Cl)=C\C(F)(F)C(F)(F)C(F)F. The molecular formula is C6H5ClF6O. The van der Waals surface area contributed by atoms with E-state index in [9.17, 15) is 26.3 Å². The van der Waals surface area contributed by atoms with E-state index in [4.69, 9.17) is 11.6 Å². The van der Waals surface area contributed by atoms with Crippen LogP contribution in [0, 0.1) is 0 Å². The first-order valence-electron chi connectivity index (χ1n) is 3.11. The molecule has 0 atom stereocenters. The first-order valence-corrected chi connectivity index (χ1v) is 3.49. The van der Waals surface area contributed by atoms with E-state index in [0.29, 0.717) is 0 Å². The second-order valence-electron chi connectivity index (χ2n) is 2.20. The highest BCUT2D eigenvalue weighted by Gasteiger charge is 2.62. The summed E-state index contributed by atoms with van der Waals surface area (Å²) < 4.78 is 76.1. The van der Waals surface area contributed by atoms with E-state index >= 15 is 0 Å². The average Bonchev–Trinajstić information content (AvgIpc) is 2.02. The third-order valence-electron chi connectivity index (χ3n) is 1.21. The van der Waals surface area contributed by atoms with E-state index in [1.54, 1.807) is 0 Å². The van der Waals surface area contributed by atoms with E-state index in [1.165, 1.54) is 0 Å². The van der Waals surface area contributed by atoms with Gasteiger partial charge in [-0.05, 0) is 11.6 Å². The van der Waals surface area contributed by atoms with Crippen molar-refractivity contribution in [2.45, 2.75) is 18.3 Å². The van der Waals surface area contributed by atoms with E-state index in [1.807, 2.05) is 0 Å². The van der Waals surface area contributed by atoms with E-state index < -0.39 is 29.6 Å². The molecule has 0 fully saturated rings. The van der Waals surface area contributed by atoms with Crippen molar-refractivity contribution in [3.63, 3.8) is 0 Å². The van der Waals surface area contributed by atoms with Crippen molar-refractivity contribution in [3.05, 3.63) is 11.3 Å². The van der Waals surface area contributed by atoms with Gasteiger partial charge in [0.15, 0.2) is 5.22 Å². The first kappa shape index (κ1) is 13.4. The Kier molecular flexibility index (Phi) is 4.11. The molecule has 0 unspecified atom stereocenters. The normalized spacial score (nSPS) is 14.8. The Labute approximate surface area is 80.3 Å². The molecule has 14 heavy (non-hydrogen) atoms. The molecule has 0 aromatic carbocycles. The Morgan fingerprint density at radius 3 is 2.00 bits per heavy atom. The van der Waals surface area contributed by atoms with Gasteiger partial charge in [0.2, 0.25) is 0 Å². The van der Waals surface area contributed by atoms with Gasteiger partial charge < -0.3 is 4.74 Å². The molecule has 0 rings (SSSR count). The molecule has 0 amide bonds. The smallest absolute Gasteiger partial charge is 0.373 e. The number of hydrogen-bond acceptors (Lipinski definition) is 1. The molecule has 0 aliphatic carbocycles. The maximum Gasteiger partial charge on any atom is 0.373 e.